The second kappa shape index (κ2) is 4.59. The molecule has 3 nitrogen and oxygen atoms in total. The average molecular weight is 298 g/mol. The molecule has 1 amide bonds. The average Bonchev–Trinajstić information content (AvgIpc) is 2.92. The maximum atomic E-state index is 11.4. The Hall–Kier alpha value is -1.01. The van der Waals surface area contributed by atoms with Crippen LogP contribution in [0.5, 0.6) is 0 Å². The molecule has 1 aliphatic heterocycles. The van der Waals surface area contributed by atoms with E-state index in [1.807, 2.05) is 17.5 Å². The van der Waals surface area contributed by atoms with Crippen LogP contribution >= 0.6 is 34.7 Å². The first-order valence-corrected chi connectivity index (χ1v) is 7.26. The fraction of sp³-hybridized carbons (Fsp3) is 0.0833. The molecule has 1 aromatic carbocycles. The molecule has 0 saturated carbocycles. The van der Waals surface area contributed by atoms with Crippen molar-refractivity contribution in [2.75, 3.05) is 5.32 Å². The molecule has 92 valence electrons. The zero-order chi connectivity index (χ0) is 12.7. The molecule has 2 heterocycles. The van der Waals surface area contributed by atoms with E-state index in [4.69, 9.17) is 11.6 Å². The first-order chi connectivity index (χ1) is 8.65. The van der Waals surface area contributed by atoms with Crippen molar-refractivity contribution in [1.29, 1.82) is 0 Å². The van der Waals surface area contributed by atoms with Crippen LogP contribution in [0.25, 0.3) is 0 Å². The molecule has 6 heteroatoms. The van der Waals surface area contributed by atoms with Crippen molar-refractivity contribution in [2.24, 2.45) is 0 Å². The van der Waals surface area contributed by atoms with Crippen molar-refractivity contribution < 1.29 is 9.90 Å². The maximum absolute atomic E-state index is 11.4. The second-order valence-electron chi connectivity index (χ2n) is 3.80. The Bertz CT molecular complexity index is 613. The van der Waals surface area contributed by atoms with E-state index in [0.717, 1.165) is 9.10 Å². The minimum Gasteiger partial charge on any atom is -0.378 e. The fourth-order valence-corrected chi connectivity index (χ4v) is 3.81. The van der Waals surface area contributed by atoms with Crippen LogP contribution in [-0.2, 0) is 4.79 Å². The molecule has 1 aliphatic rings. The van der Waals surface area contributed by atoms with Gasteiger partial charge < -0.3 is 10.4 Å². The second-order valence-corrected chi connectivity index (χ2v) is 6.49. The molecule has 1 aromatic heterocycles. The number of fused-ring (bicyclic) bond motifs is 1. The highest BCUT2D eigenvalue weighted by Gasteiger charge is 2.29. The van der Waals surface area contributed by atoms with Crippen LogP contribution < -0.4 is 5.32 Å². The quantitative estimate of drug-likeness (QED) is 0.891. The van der Waals surface area contributed by atoms with Gasteiger partial charge in [0.15, 0.2) is 6.10 Å². The molecule has 0 saturated heterocycles. The van der Waals surface area contributed by atoms with Gasteiger partial charge >= 0.3 is 0 Å². The summed E-state index contributed by atoms with van der Waals surface area (Å²) in [5.74, 6) is -0.403. The van der Waals surface area contributed by atoms with Gasteiger partial charge in [0.25, 0.3) is 5.91 Å². The van der Waals surface area contributed by atoms with Gasteiger partial charge in [0, 0.05) is 16.1 Å². The first-order valence-electron chi connectivity index (χ1n) is 5.19. The number of anilines is 1. The Balaban J connectivity index is 1.98. The predicted molar refractivity (Wildman–Crippen MR) is 73.5 cm³/mol. The summed E-state index contributed by atoms with van der Waals surface area (Å²) < 4.78 is 1.13. The smallest absolute Gasteiger partial charge is 0.257 e. The minimum atomic E-state index is -1.11. The number of hydrogen-bond acceptors (Lipinski definition) is 4. The van der Waals surface area contributed by atoms with E-state index >= 15 is 0 Å². The third kappa shape index (κ3) is 2.03. The summed E-state index contributed by atoms with van der Waals surface area (Å²) in [6.07, 6.45) is -1.11. The fourth-order valence-electron chi connectivity index (χ4n) is 1.75. The van der Waals surface area contributed by atoms with E-state index in [1.54, 1.807) is 35.2 Å². The number of amides is 1. The van der Waals surface area contributed by atoms with E-state index in [9.17, 15) is 9.90 Å². The third-order valence-electron chi connectivity index (χ3n) is 2.61. The van der Waals surface area contributed by atoms with Crippen LogP contribution in [0.4, 0.5) is 5.69 Å². The summed E-state index contributed by atoms with van der Waals surface area (Å²) in [5.41, 5.74) is 1.18. The Morgan fingerprint density at radius 2 is 2.28 bits per heavy atom. The van der Waals surface area contributed by atoms with Crippen LogP contribution in [0.2, 0.25) is 5.02 Å². The molecule has 0 bridgehead atoms. The molecular formula is C12H8ClNO2S2. The standard InChI is InChI=1S/C12H8ClNO2S2/c13-7-4-6-8(14-12(16)11(6)15)5-9(7)18-10-2-1-3-17-10/h1-5,11,15H,(H,14,16). The highest BCUT2D eigenvalue weighted by molar-refractivity contribution is 8.01. The Kier molecular flexibility index (Phi) is 3.07. The molecule has 3 rings (SSSR count). The highest BCUT2D eigenvalue weighted by atomic mass is 35.5. The Labute approximate surface area is 117 Å². The van der Waals surface area contributed by atoms with E-state index in [0.29, 0.717) is 16.3 Å². The van der Waals surface area contributed by atoms with Crippen molar-refractivity contribution in [1.82, 2.24) is 0 Å². The predicted octanol–water partition coefficient (Wildman–Crippen LogP) is 3.54. The summed E-state index contributed by atoms with van der Waals surface area (Å²) in [4.78, 5) is 12.2. The molecule has 2 N–H and O–H groups in total. The van der Waals surface area contributed by atoms with Crippen LogP contribution in [0.1, 0.15) is 11.7 Å². The van der Waals surface area contributed by atoms with Gasteiger partial charge in [-0.3, -0.25) is 4.79 Å². The van der Waals surface area contributed by atoms with E-state index in [-0.39, 0.29) is 0 Å². The normalized spacial score (nSPS) is 17.7. The number of halogens is 1. The summed E-state index contributed by atoms with van der Waals surface area (Å²) in [6, 6.07) is 7.43. The number of aliphatic hydroxyl groups excluding tert-OH is 1. The van der Waals surface area contributed by atoms with Gasteiger partial charge in [0.1, 0.15) is 0 Å². The van der Waals surface area contributed by atoms with Crippen LogP contribution in [0, 0.1) is 0 Å². The van der Waals surface area contributed by atoms with Crippen LogP contribution in [0.3, 0.4) is 0 Å². The van der Waals surface area contributed by atoms with E-state index < -0.39 is 12.0 Å². The first kappa shape index (κ1) is 12.0. The highest BCUT2D eigenvalue weighted by Crippen LogP contribution is 2.42. The number of carbonyl (C=O) groups excluding carboxylic acids is 1. The van der Waals surface area contributed by atoms with Gasteiger partial charge in [-0.05, 0) is 23.6 Å². The Morgan fingerprint density at radius 1 is 1.44 bits per heavy atom. The number of carbonyl (C=O) groups is 1. The van der Waals surface area contributed by atoms with Crippen molar-refractivity contribution >= 4 is 46.3 Å². The molecule has 0 radical (unpaired) electrons. The molecular weight excluding hydrogens is 290 g/mol. The Morgan fingerprint density at radius 3 is 3.00 bits per heavy atom. The maximum Gasteiger partial charge on any atom is 0.257 e. The van der Waals surface area contributed by atoms with Crippen LogP contribution in [0.15, 0.2) is 38.8 Å². The molecule has 0 spiro atoms. The number of aliphatic hydroxyl groups is 1. The van der Waals surface area contributed by atoms with Crippen molar-refractivity contribution in [3.63, 3.8) is 0 Å². The van der Waals surface area contributed by atoms with Crippen LogP contribution in [-0.4, -0.2) is 11.0 Å². The summed E-state index contributed by atoms with van der Waals surface area (Å²) in [6.45, 7) is 0. The molecule has 0 aliphatic carbocycles. The number of rotatable bonds is 2. The molecule has 1 unspecified atom stereocenters. The largest absolute Gasteiger partial charge is 0.378 e. The van der Waals surface area contributed by atoms with Crippen molar-refractivity contribution in [3.05, 3.63) is 40.2 Å². The molecule has 1 atom stereocenters. The van der Waals surface area contributed by atoms with Gasteiger partial charge in [-0.1, -0.05) is 29.4 Å². The molecule has 2 aromatic rings. The lowest BCUT2D eigenvalue weighted by molar-refractivity contribution is -0.123. The summed E-state index contributed by atoms with van der Waals surface area (Å²) in [7, 11) is 0. The number of thiophene rings is 1. The lowest BCUT2D eigenvalue weighted by Crippen LogP contribution is -2.10. The SMILES string of the molecule is O=C1Nc2cc(Sc3cccs3)c(Cl)cc2C1O. The van der Waals surface area contributed by atoms with Gasteiger partial charge in [0.05, 0.1) is 9.23 Å². The van der Waals surface area contributed by atoms with E-state index in [1.165, 1.54) is 0 Å². The molecule has 0 fully saturated rings. The van der Waals surface area contributed by atoms with Gasteiger partial charge in [0.2, 0.25) is 0 Å². The lowest BCUT2D eigenvalue weighted by Gasteiger charge is -2.06. The number of benzene rings is 1. The zero-order valence-corrected chi connectivity index (χ0v) is 11.4. The monoisotopic (exact) mass is 297 g/mol. The van der Waals surface area contributed by atoms with Crippen molar-refractivity contribution in [2.45, 2.75) is 15.2 Å². The van der Waals surface area contributed by atoms with Crippen molar-refractivity contribution in [3.8, 4) is 0 Å². The third-order valence-corrected chi connectivity index (χ3v) is 5.13. The number of hydrogen-bond donors (Lipinski definition) is 2. The number of nitrogens with one attached hydrogen (secondary N) is 1. The van der Waals surface area contributed by atoms with Gasteiger partial charge in [-0.15, -0.1) is 11.3 Å². The topological polar surface area (TPSA) is 49.3 Å². The van der Waals surface area contributed by atoms with Gasteiger partial charge in [-0.2, -0.15) is 0 Å². The minimum absolute atomic E-state index is 0.403. The van der Waals surface area contributed by atoms with Gasteiger partial charge in [-0.25, -0.2) is 0 Å². The molecule has 18 heavy (non-hydrogen) atoms. The zero-order valence-electron chi connectivity index (χ0n) is 9.01. The van der Waals surface area contributed by atoms with E-state index in [2.05, 4.69) is 5.32 Å². The summed E-state index contributed by atoms with van der Waals surface area (Å²) >= 11 is 9.34. The lowest BCUT2D eigenvalue weighted by atomic mass is 10.1. The summed E-state index contributed by atoms with van der Waals surface area (Å²) in [5, 5.41) is 14.8.